The van der Waals surface area contributed by atoms with Gasteiger partial charge < -0.3 is 0 Å². The third kappa shape index (κ3) is 2.07. The van der Waals surface area contributed by atoms with Gasteiger partial charge in [0, 0.05) is 22.0 Å². The van der Waals surface area contributed by atoms with Crippen LogP contribution in [0.4, 0.5) is 0 Å². The summed E-state index contributed by atoms with van der Waals surface area (Å²) < 4.78 is 14.2. The van der Waals surface area contributed by atoms with Crippen LogP contribution >= 0.6 is 23.2 Å². The van der Waals surface area contributed by atoms with Crippen molar-refractivity contribution in [2.24, 2.45) is 0 Å². The Hall–Kier alpha value is -1.43. The number of benzene rings is 1. The molecule has 0 aliphatic carbocycles. The highest BCUT2D eigenvalue weighted by Crippen LogP contribution is 2.36. The van der Waals surface area contributed by atoms with Gasteiger partial charge in [-0.3, -0.25) is 8.89 Å². The molecule has 0 radical (unpaired) electrons. The fourth-order valence-corrected chi connectivity index (χ4v) is 4.52. The van der Waals surface area contributed by atoms with Crippen molar-refractivity contribution in [3.05, 3.63) is 40.0 Å². The second-order valence-corrected chi connectivity index (χ2v) is 7.59. The number of aryl methyl sites for hydroxylation is 2. The van der Waals surface area contributed by atoms with Gasteiger partial charge in [-0.05, 0) is 31.2 Å². The molecule has 1 aromatic carbocycles. The van der Waals surface area contributed by atoms with Crippen molar-refractivity contribution < 1.29 is 4.21 Å². The number of nitrogens with zero attached hydrogens (tertiary/aromatic N) is 3. The molecule has 1 atom stereocenters. The van der Waals surface area contributed by atoms with E-state index >= 15 is 0 Å². The van der Waals surface area contributed by atoms with E-state index in [1.807, 2.05) is 23.7 Å². The molecule has 7 heteroatoms. The Kier molecular flexibility index (Phi) is 3.25. The maximum atomic E-state index is 12.3. The lowest BCUT2D eigenvalue weighted by molar-refractivity contribution is 0.644. The van der Waals surface area contributed by atoms with Crippen LogP contribution in [0.5, 0.6) is 0 Å². The van der Waals surface area contributed by atoms with Crippen LogP contribution in [0, 0.1) is 6.92 Å². The monoisotopic (exact) mass is 351 g/mol. The molecule has 0 spiro atoms. The van der Waals surface area contributed by atoms with Crippen molar-refractivity contribution in [2.75, 3.05) is 5.75 Å². The number of halogens is 2. The summed E-state index contributed by atoms with van der Waals surface area (Å²) >= 11 is 12.3. The normalized spacial score (nSPS) is 17.1. The molecule has 4 nitrogen and oxygen atoms in total. The summed E-state index contributed by atoms with van der Waals surface area (Å²) in [7, 11) is -1.01. The predicted molar refractivity (Wildman–Crippen MR) is 89.0 cm³/mol. The molecule has 0 amide bonds. The standard InChI is InChI=1S/C15H11Cl2N3OS/c1-8-6-12-15-14(18-8)13(19-20(15)4-5-22(12)21)10-3-2-9(16)7-11(10)17/h2-3,6-7H,4-5H2,1H3. The molecule has 0 bridgehead atoms. The van der Waals surface area contributed by atoms with E-state index in [0.717, 1.165) is 27.2 Å². The second-order valence-electron chi connectivity index (χ2n) is 5.20. The number of pyridine rings is 1. The summed E-state index contributed by atoms with van der Waals surface area (Å²) in [5.74, 6) is 0.570. The Labute approximate surface area is 139 Å². The van der Waals surface area contributed by atoms with Gasteiger partial charge in [-0.15, -0.1) is 0 Å². The van der Waals surface area contributed by atoms with Gasteiger partial charge in [-0.2, -0.15) is 5.10 Å². The van der Waals surface area contributed by atoms with Crippen LogP contribution in [0.2, 0.25) is 10.0 Å². The van der Waals surface area contributed by atoms with Gasteiger partial charge >= 0.3 is 0 Å². The molecule has 112 valence electrons. The number of hydrogen-bond donors (Lipinski definition) is 0. The van der Waals surface area contributed by atoms with Crippen LogP contribution in [-0.4, -0.2) is 24.7 Å². The first-order valence-electron chi connectivity index (χ1n) is 6.76. The van der Waals surface area contributed by atoms with E-state index in [1.165, 1.54) is 0 Å². The molecule has 4 rings (SSSR count). The first kappa shape index (κ1) is 14.2. The molecule has 0 fully saturated rings. The summed E-state index contributed by atoms with van der Waals surface area (Å²) in [5.41, 5.74) is 3.90. The molecule has 1 aliphatic rings. The minimum Gasteiger partial charge on any atom is -0.260 e. The van der Waals surface area contributed by atoms with Crippen molar-refractivity contribution in [3.8, 4) is 11.3 Å². The van der Waals surface area contributed by atoms with E-state index in [2.05, 4.69) is 10.1 Å². The van der Waals surface area contributed by atoms with Gasteiger partial charge in [0.15, 0.2) is 0 Å². The lowest BCUT2D eigenvalue weighted by Crippen LogP contribution is -2.16. The summed E-state index contributed by atoms with van der Waals surface area (Å²) in [4.78, 5) is 5.41. The molecule has 1 unspecified atom stereocenters. The Bertz CT molecular complexity index is 952. The quantitative estimate of drug-likeness (QED) is 0.669. The molecular formula is C15H11Cl2N3OS. The molecular weight excluding hydrogens is 341 g/mol. The topological polar surface area (TPSA) is 47.8 Å². The maximum Gasteiger partial charge on any atom is 0.120 e. The average molecular weight is 352 g/mol. The first-order chi connectivity index (χ1) is 10.5. The molecule has 3 aromatic rings. The van der Waals surface area contributed by atoms with E-state index in [4.69, 9.17) is 23.2 Å². The number of rotatable bonds is 1. The van der Waals surface area contributed by atoms with Gasteiger partial charge in [0.05, 0.1) is 27.3 Å². The summed E-state index contributed by atoms with van der Waals surface area (Å²) in [5, 5.41) is 5.76. The summed E-state index contributed by atoms with van der Waals surface area (Å²) in [6.45, 7) is 2.51. The first-order valence-corrected chi connectivity index (χ1v) is 8.84. The second kappa shape index (κ2) is 5.05. The van der Waals surface area contributed by atoms with Crippen LogP contribution in [0.3, 0.4) is 0 Å². The van der Waals surface area contributed by atoms with Crippen molar-refractivity contribution in [1.82, 2.24) is 14.8 Å². The lowest BCUT2D eigenvalue weighted by atomic mass is 10.1. The van der Waals surface area contributed by atoms with E-state index in [-0.39, 0.29) is 0 Å². The molecule has 3 heterocycles. The van der Waals surface area contributed by atoms with E-state index < -0.39 is 10.8 Å². The smallest absolute Gasteiger partial charge is 0.120 e. The van der Waals surface area contributed by atoms with Crippen molar-refractivity contribution in [1.29, 1.82) is 0 Å². The fraction of sp³-hybridized carbons (Fsp3) is 0.200. The van der Waals surface area contributed by atoms with Crippen LogP contribution in [-0.2, 0) is 17.3 Å². The van der Waals surface area contributed by atoms with Gasteiger partial charge in [0.2, 0.25) is 0 Å². The summed E-state index contributed by atoms with van der Waals surface area (Å²) in [6.07, 6.45) is 0. The maximum absolute atomic E-state index is 12.3. The van der Waals surface area contributed by atoms with E-state index in [0.29, 0.717) is 28.0 Å². The highest BCUT2D eigenvalue weighted by molar-refractivity contribution is 7.85. The predicted octanol–water partition coefficient (Wildman–Crippen LogP) is 3.83. The molecule has 2 aromatic heterocycles. The van der Waals surface area contributed by atoms with Crippen LogP contribution < -0.4 is 0 Å². The highest BCUT2D eigenvalue weighted by Gasteiger charge is 2.25. The number of aromatic nitrogens is 3. The van der Waals surface area contributed by atoms with Crippen LogP contribution in [0.1, 0.15) is 5.69 Å². The third-order valence-electron chi connectivity index (χ3n) is 3.71. The molecule has 22 heavy (non-hydrogen) atoms. The average Bonchev–Trinajstić information content (AvgIpc) is 2.82. The Morgan fingerprint density at radius 2 is 2.09 bits per heavy atom. The zero-order valence-corrected chi connectivity index (χ0v) is 14.0. The Morgan fingerprint density at radius 3 is 2.86 bits per heavy atom. The van der Waals surface area contributed by atoms with Gasteiger partial charge in [0.25, 0.3) is 0 Å². The minimum absolute atomic E-state index is 0.532. The minimum atomic E-state index is -1.01. The van der Waals surface area contributed by atoms with Gasteiger partial charge in [0.1, 0.15) is 16.7 Å². The van der Waals surface area contributed by atoms with E-state index in [1.54, 1.807) is 12.1 Å². The SMILES string of the molecule is Cc1cc2c3c(n1)c(-c1ccc(Cl)cc1Cl)nn3CCS2=O. The Balaban J connectivity index is 2.09. The fourth-order valence-electron chi connectivity index (χ4n) is 2.75. The third-order valence-corrected chi connectivity index (χ3v) is 5.61. The zero-order chi connectivity index (χ0) is 15.4. The summed E-state index contributed by atoms with van der Waals surface area (Å²) in [6, 6.07) is 7.19. The highest BCUT2D eigenvalue weighted by atomic mass is 35.5. The van der Waals surface area contributed by atoms with E-state index in [9.17, 15) is 4.21 Å². The zero-order valence-electron chi connectivity index (χ0n) is 11.6. The van der Waals surface area contributed by atoms with Crippen LogP contribution in [0.25, 0.3) is 22.3 Å². The molecule has 0 saturated carbocycles. The largest absolute Gasteiger partial charge is 0.260 e. The van der Waals surface area contributed by atoms with Gasteiger partial charge in [-0.1, -0.05) is 23.2 Å². The van der Waals surface area contributed by atoms with Crippen molar-refractivity contribution in [2.45, 2.75) is 18.4 Å². The van der Waals surface area contributed by atoms with Crippen molar-refractivity contribution in [3.63, 3.8) is 0 Å². The molecule has 0 N–H and O–H groups in total. The van der Waals surface area contributed by atoms with Gasteiger partial charge in [-0.25, -0.2) is 4.98 Å². The van der Waals surface area contributed by atoms with Crippen LogP contribution in [0.15, 0.2) is 29.2 Å². The number of hydrogen-bond acceptors (Lipinski definition) is 3. The lowest BCUT2D eigenvalue weighted by Gasteiger charge is -2.13. The molecule has 0 saturated heterocycles. The molecule has 1 aliphatic heterocycles. The Morgan fingerprint density at radius 1 is 1.27 bits per heavy atom. The van der Waals surface area contributed by atoms with Crippen molar-refractivity contribution >= 4 is 45.0 Å².